The molecule has 5 nitrogen and oxygen atoms in total. The number of halogens is 2. The van der Waals surface area contributed by atoms with Crippen LogP contribution in [0.2, 0.25) is 0 Å². The smallest absolute Gasteiger partial charge is 0.194 e. The van der Waals surface area contributed by atoms with Gasteiger partial charge in [0.1, 0.15) is 24.3 Å². The van der Waals surface area contributed by atoms with Gasteiger partial charge in [-0.15, -0.1) is 24.0 Å². The van der Waals surface area contributed by atoms with Gasteiger partial charge in [-0.05, 0) is 55.9 Å². The minimum atomic E-state index is -0.695. The fourth-order valence-electron chi connectivity index (χ4n) is 3.59. The molecular weight excluding hydrogens is 448 g/mol. The third kappa shape index (κ3) is 5.45. The Bertz CT molecular complexity index is 593. The number of aliphatic imine (C=N–C) groups is 1. The van der Waals surface area contributed by atoms with Crippen LogP contribution in [0.15, 0.2) is 29.3 Å². The molecule has 26 heavy (non-hydrogen) atoms. The molecule has 0 aromatic heterocycles. The molecule has 1 spiro atoms. The monoisotopic (exact) mass is 477 g/mol. The fraction of sp³-hybridized carbons (Fsp3) is 0.632. The van der Waals surface area contributed by atoms with Gasteiger partial charge in [0.2, 0.25) is 0 Å². The van der Waals surface area contributed by atoms with Gasteiger partial charge in [0, 0.05) is 19.6 Å². The van der Waals surface area contributed by atoms with E-state index in [9.17, 15) is 9.50 Å². The van der Waals surface area contributed by atoms with E-state index in [1.165, 1.54) is 37.8 Å². The van der Waals surface area contributed by atoms with E-state index in [1.807, 2.05) is 0 Å². The van der Waals surface area contributed by atoms with Crippen molar-refractivity contribution in [3.63, 3.8) is 0 Å². The Balaban J connectivity index is 0.00000243. The molecule has 1 heterocycles. The van der Waals surface area contributed by atoms with Crippen LogP contribution in [0.1, 0.15) is 32.6 Å². The molecule has 7 heteroatoms. The molecule has 2 fully saturated rings. The molecule has 1 atom stereocenters. The summed E-state index contributed by atoms with van der Waals surface area (Å²) in [6.07, 6.45) is 4.56. The van der Waals surface area contributed by atoms with Crippen molar-refractivity contribution in [3.8, 4) is 5.75 Å². The van der Waals surface area contributed by atoms with Crippen molar-refractivity contribution in [1.82, 2.24) is 10.2 Å². The van der Waals surface area contributed by atoms with Crippen molar-refractivity contribution < 1.29 is 14.2 Å². The van der Waals surface area contributed by atoms with E-state index in [-0.39, 0.29) is 42.9 Å². The van der Waals surface area contributed by atoms with Crippen LogP contribution in [0, 0.1) is 11.2 Å². The molecule has 1 aromatic carbocycles. The predicted octanol–water partition coefficient (Wildman–Crippen LogP) is 3.02. The number of rotatable bonds is 6. The number of nitrogens with one attached hydrogen (secondary N) is 1. The topological polar surface area (TPSA) is 57.1 Å². The van der Waals surface area contributed by atoms with E-state index in [4.69, 9.17) is 4.74 Å². The SMILES string of the molecule is CCNC(=NCC(O)COc1ccc(F)cc1)N1CCC2(CCC2)C1.I. The normalized spacial score (nSPS) is 19.7. The maximum Gasteiger partial charge on any atom is 0.194 e. The van der Waals surface area contributed by atoms with Crippen molar-refractivity contribution in [2.75, 3.05) is 32.8 Å². The average Bonchev–Trinajstić information content (AvgIpc) is 3.04. The first-order chi connectivity index (χ1) is 12.1. The average molecular weight is 477 g/mol. The van der Waals surface area contributed by atoms with Gasteiger partial charge in [-0.2, -0.15) is 0 Å². The first kappa shape index (κ1) is 21.2. The molecule has 1 aliphatic carbocycles. The standard InChI is InChI=1S/C19H28FN3O2.HI/c1-2-21-18(23-11-10-19(14-23)8-3-9-19)22-12-16(24)13-25-17-6-4-15(20)5-7-17;/h4-7,16,24H,2-3,8-14H2,1H3,(H,21,22);1H. The molecule has 1 saturated carbocycles. The van der Waals surface area contributed by atoms with Crippen LogP contribution in [0.4, 0.5) is 4.39 Å². The van der Waals surface area contributed by atoms with Crippen LogP contribution >= 0.6 is 24.0 Å². The number of aliphatic hydroxyl groups is 1. The lowest BCUT2D eigenvalue weighted by molar-refractivity contribution is 0.114. The van der Waals surface area contributed by atoms with E-state index < -0.39 is 6.10 Å². The second kappa shape index (κ2) is 9.73. The Labute approximate surface area is 172 Å². The van der Waals surface area contributed by atoms with Crippen LogP contribution in [-0.2, 0) is 0 Å². The highest BCUT2D eigenvalue weighted by atomic mass is 127. The van der Waals surface area contributed by atoms with Crippen LogP contribution in [0.5, 0.6) is 5.75 Å². The largest absolute Gasteiger partial charge is 0.491 e. The summed E-state index contributed by atoms with van der Waals surface area (Å²) in [6, 6.07) is 5.79. The molecule has 3 rings (SSSR count). The first-order valence-corrected chi connectivity index (χ1v) is 9.20. The number of hydrogen-bond acceptors (Lipinski definition) is 3. The molecule has 2 aliphatic rings. The van der Waals surface area contributed by atoms with E-state index in [2.05, 4.69) is 22.1 Å². The zero-order chi connectivity index (χ0) is 17.7. The number of likely N-dealkylation sites (tertiary alicyclic amines) is 1. The van der Waals surface area contributed by atoms with Gasteiger partial charge in [-0.3, -0.25) is 4.99 Å². The second-order valence-electron chi connectivity index (χ2n) is 7.14. The summed E-state index contributed by atoms with van der Waals surface area (Å²) in [6.45, 7) is 5.39. The molecule has 1 aliphatic heterocycles. The molecule has 1 saturated heterocycles. The molecule has 0 amide bonds. The highest BCUT2D eigenvalue weighted by Crippen LogP contribution is 2.47. The quantitative estimate of drug-likeness (QED) is 0.376. The lowest BCUT2D eigenvalue weighted by atomic mass is 9.68. The van der Waals surface area contributed by atoms with Crippen LogP contribution < -0.4 is 10.1 Å². The van der Waals surface area contributed by atoms with Crippen molar-refractivity contribution in [2.45, 2.75) is 38.7 Å². The summed E-state index contributed by atoms with van der Waals surface area (Å²) in [5.74, 6) is 1.12. The number of aliphatic hydroxyl groups excluding tert-OH is 1. The lowest BCUT2D eigenvalue weighted by Crippen LogP contribution is -2.43. The number of guanidine groups is 1. The highest BCUT2D eigenvalue weighted by Gasteiger charge is 2.43. The van der Waals surface area contributed by atoms with Crippen LogP contribution in [0.3, 0.4) is 0 Å². The fourth-order valence-corrected chi connectivity index (χ4v) is 3.59. The molecule has 0 radical (unpaired) electrons. The zero-order valence-electron chi connectivity index (χ0n) is 15.3. The Morgan fingerprint density at radius 2 is 2.08 bits per heavy atom. The van der Waals surface area contributed by atoms with E-state index in [1.54, 1.807) is 12.1 Å². The molecular formula is C19H29FIN3O2. The van der Waals surface area contributed by atoms with Crippen molar-refractivity contribution in [1.29, 1.82) is 0 Å². The van der Waals surface area contributed by atoms with E-state index in [0.717, 1.165) is 25.6 Å². The van der Waals surface area contributed by atoms with E-state index in [0.29, 0.717) is 11.2 Å². The minimum absolute atomic E-state index is 0. The number of hydrogen-bond donors (Lipinski definition) is 2. The molecule has 0 bridgehead atoms. The number of benzene rings is 1. The molecule has 2 N–H and O–H groups in total. The van der Waals surface area contributed by atoms with Gasteiger partial charge < -0.3 is 20.1 Å². The Kier molecular flexibility index (Phi) is 7.94. The third-order valence-corrected chi connectivity index (χ3v) is 5.19. The minimum Gasteiger partial charge on any atom is -0.491 e. The Hall–Kier alpha value is -1.09. The number of nitrogens with zero attached hydrogens (tertiary/aromatic N) is 2. The van der Waals surface area contributed by atoms with Gasteiger partial charge in [-0.1, -0.05) is 6.42 Å². The summed E-state index contributed by atoms with van der Waals surface area (Å²) in [7, 11) is 0. The van der Waals surface area contributed by atoms with Gasteiger partial charge in [0.15, 0.2) is 5.96 Å². The van der Waals surface area contributed by atoms with Gasteiger partial charge >= 0.3 is 0 Å². The van der Waals surface area contributed by atoms with Crippen molar-refractivity contribution in [2.24, 2.45) is 10.4 Å². The second-order valence-corrected chi connectivity index (χ2v) is 7.14. The zero-order valence-corrected chi connectivity index (χ0v) is 17.6. The summed E-state index contributed by atoms with van der Waals surface area (Å²) in [4.78, 5) is 6.90. The Morgan fingerprint density at radius 1 is 1.35 bits per heavy atom. The predicted molar refractivity (Wildman–Crippen MR) is 112 cm³/mol. The Morgan fingerprint density at radius 3 is 2.65 bits per heavy atom. The maximum atomic E-state index is 12.9. The van der Waals surface area contributed by atoms with Gasteiger partial charge in [0.25, 0.3) is 0 Å². The third-order valence-electron chi connectivity index (χ3n) is 5.19. The lowest BCUT2D eigenvalue weighted by Gasteiger charge is -2.38. The summed E-state index contributed by atoms with van der Waals surface area (Å²) in [5.41, 5.74) is 0.514. The van der Waals surface area contributed by atoms with Crippen LogP contribution in [-0.4, -0.2) is 54.9 Å². The van der Waals surface area contributed by atoms with Crippen molar-refractivity contribution >= 4 is 29.9 Å². The molecule has 1 unspecified atom stereocenters. The summed E-state index contributed by atoms with van der Waals surface area (Å²) >= 11 is 0. The maximum absolute atomic E-state index is 12.9. The van der Waals surface area contributed by atoms with Crippen LogP contribution in [0.25, 0.3) is 0 Å². The van der Waals surface area contributed by atoms with Gasteiger partial charge in [-0.25, -0.2) is 4.39 Å². The van der Waals surface area contributed by atoms with Gasteiger partial charge in [0.05, 0.1) is 6.54 Å². The highest BCUT2D eigenvalue weighted by molar-refractivity contribution is 14.0. The molecule has 1 aromatic rings. The number of ether oxygens (including phenoxy) is 1. The summed E-state index contributed by atoms with van der Waals surface area (Å²) in [5, 5.41) is 13.5. The molecule has 146 valence electrons. The summed E-state index contributed by atoms with van der Waals surface area (Å²) < 4.78 is 18.3. The van der Waals surface area contributed by atoms with Crippen molar-refractivity contribution in [3.05, 3.63) is 30.1 Å². The van der Waals surface area contributed by atoms with E-state index >= 15 is 0 Å². The first-order valence-electron chi connectivity index (χ1n) is 9.20.